The fourth-order valence-electron chi connectivity index (χ4n) is 6.78. The number of unbranched alkanes of at least 4 members (excludes halogenated alkanes) is 23. The largest absolute Gasteiger partial charge is 0.462 e. The second-order valence-corrected chi connectivity index (χ2v) is 16.3. The molecule has 340 valence electrons. The molecule has 0 saturated heterocycles. The van der Waals surface area contributed by atoms with E-state index in [1.807, 2.05) is 0 Å². The van der Waals surface area contributed by atoms with E-state index in [1.165, 1.54) is 89.9 Å². The summed E-state index contributed by atoms with van der Waals surface area (Å²) in [6, 6.07) is 0. The molecule has 0 spiro atoms. The minimum absolute atomic E-state index is 0.0847. The average Bonchev–Trinajstić information content (AvgIpc) is 3.23. The molecule has 0 aromatic heterocycles. The minimum atomic E-state index is -0.784. The third-order valence-electron chi connectivity index (χ3n) is 10.5. The van der Waals surface area contributed by atoms with Crippen molar-refractivity contribution in [3.63, 3.8) is 0 Å². The van der Waals surface area contributed by atoms with Crippen LogP contribution in [0.4, 0.5) is 0 Å². The molecule has 0 amide bonds. The Hall–Kier alpha value is -2.89. The molecule has 0 bridgehead atoms. The third-order valence-corrected chi connectivity index (χ3v) is 10.5. The van der Waals surface area contributed by atoms with Crippen LogP contribution in [0.5, 0.6) is 0 Å². The predicted octanol–water partition coefficient (Wildman–Crippen LogP) is 16.1. The van der Waals surface area contributed by atoms with Gasteiger partial charge in [-0.25, -0.2) is 0 Å². The van der Waals surface area contributed by atoms with Gasteiger partial charge in [-0.1, -0.05) is 197 Å². The minimum Gasteiger partial charge on any atom is -0.462 e. The van der Waals surface area contributed by atoms with Crippen LogP contribution in [0.15, 0.2) is 60.8 Å². The number of carbonyl (C=O) groups is 3. The number of allylic oxidation sites excluding steroid dienone is 10. The molecule has 59 heavy (non-hydrogen) atoms. The van der Waals surface area contributed by atoms with Crippen molar-refractivity contribution in [1.29, 1.82) is 0 Å². The lowest BCUT2D eigenvalue weighted by atomic mass is 10.1. The van der Waals surface area contributed by atoms with Crippen LogP contribution in [-0.4, -0.2) is 37.2 Å². The molecular formula is C53H92O6. The van der Waals surface area contributed by atoms with Gasteiger partial charge >= 0.3 is 17.9 Å². The van der Waals surface area contributed by atoms with Crippen LogP contribution in [0.3, 0.4) is 0 Å². The van der Waals surface area contributed by atoms with Gasteiger partial charge in [0.05, 0.1) is 0 Å². The number of hydrogen-bond acceptors (Lipinski definition) is 6. The van der Waals surface area contributed by atoms with Crippen molar-refractivity contribution < 1.29 is 28.6 Å². The maximum atomic E-state index is 12.8. The molecule has 0 saturated carbocycles. The summed E-state index contributed by atoms with van der Waals surface area (Å²) in [5.41, 5.74) is 0. The summed E-state index contributed by atoms with van der Waals surface area (Å²) >= 11 is 0. The Labute approximate surface area is 364 Å². The number of carbonyl (C=O) groups excluding carboxylic acids is 3. The van der Waals surface area contributed by atoms with E-state index in [2.05, 4.69) is 81.5 Å². The molecule has 6 heteroatoms. The van der Waals surface area contributed by atoms with E-state index >= 15 is 0 Å². The van der Waals surface area contributed by atoms with E-state index in [1.54, 1.807) is 0 Å². The van der Waals surface area contributed by atoms with E-state index in [9.17, 15) is 14.4 Å². The Kier molecular flexibility index (Phi) is 45.4. The van der Waals surface area contributed by atoms with Crippen LogP contribution >= 0.6 is 0 Å². The molecule has 0 rings (SSSR count). The Balaban J connectivity index is 4.36. The normalized spacial score (nSPS) is 12.5. The van der Waals surface area contributed by atoms with Crippen molar-refractivity contribution in [1.82, 2.24) is 0 Å². The van der Waals surface area contributed by atoms with Gasteiger partial charge in [0.15, 0.2) is 6.10 Å². The maximum Gasteiger partial charge on any atom is 0.306 e. The fourth-order valence-corrected chi connectivity index (χ4v) is 6.78. The summed E-state index contributed by atoms with van der Waals surface area (Å²) < 4.78 is 16.7. The van der Waals surface area contributed by atoms with E-state index in [-0.39, 0.29) is 31.1 Å². The lowest BCUT2D eigenvalue weighted by Crippen LogP contribution is -2.30. The van der Waals surface area contributed by atoms with E-state index < -0.39 is 6.10 Å². The standard InChI is InChI=1S/C53H92O6/c1-4-7-10-13-16-19-21-23-25-27-29-30-32-34-37-40-43-46-52(55)58-49-50(48-57-51(54)45-42-39-36-18-15-12-9-6-3)59-53(56)47-44-41-38-35-33-31-28-26-24-22-20-17-14-11-8-5-2/h7,10,16,19,23,25-26,28-30,50H,4-6,8-9,11-15,17-18,20-22,24,27,31-49H2,1-3H3/b10-7-,19-16-,25-23-,28-26-,30-29-. The molecule has 6 nitrogen and oxygen atoms in total. The Morgan fingerprint density at radius 2 is 0.661 bits per heavy atom. The SMILES string of the molecule is CC/C=C\C/C=C\C/C=C\C/C=C\CCCCCCC(=O)OCC(COC(=O)CCCCCCCCCC)OC(=O)CCCCCCC/C=C\CCCCCCCCC. The number of rotatable bonds is 44. The number of esters is 3. The van der Waals surface area contributed by atoms with Gasteiger partial charge in [0, 0.05) is 19.3 Å². The fraction of sp³-hybridized carbons (Fsp3) is 0.755. The maximum absolute atomic E-state index is 12.8. The summed E-state index contributed by atoms with van der Waals surface area (Å²) in [6.45, 7) is 6.46. The zero-order chi connectivity index (χ0) is 43.0. The molecule has 0 aromatic carbocycles. The third kappa shape index (κ3) is 46.0. The lowest BCUT2D eigenvalue weighted by molar-refractivity contribution is -0.167. The van der Waals surface area contributed by atoms with Gasteiger partial charge in [0.25, 0.3) is 0 Å². The van der Waals surface area contributed by atoms with Crippen molar-refractivity contribution in [2.75, 3.05) is 13.2 Å². The summed E-state index contributed by atoms with van der Waals surface area (Å²) in [5.74, 6) is -0.920. The topological polar surface area (TPSA) is 78.9 Å². The quantitative estimate of drug-likeness (QED) is 0.0263. The molecule has 0 aromatic rings. The van der Waals surface area contributed by atoms with Gasteiger partial charge in [-0.2, -0.15) is 0 Å². The van der Waals surface area contributed by atoms with Crippen LogP contribution < -0.4 is 0 Å². The average molecular weight is 825 g/mol. The summed E-state index contributed by atoms with van der Waals surface area (Å²) in [7, 11) is 0. The Morgan fingerprint density at radius 3 is 1.05 bits per heavy atom. The highest BCUT2D eigenvalue weighted by Gasteiger charge is 2.19. The summed E-state index contributed by atoms with van der Waals surface area (Å²) in [6.07, 6.45) is 57.8. The zero-order valence-corrected chi connectivity index (χ0v) is 38.8. The van der Waals surface area contributed by atoms with Crippen LogP contribution in [0.1, 0.15) is 239 Å². The first-order valence-electron chi connectivity index (χ1n) is 24.8. The molecule has 0 aliphatic heterocycles. The number of ether oxygens (including phenoxy) is 3. The Bertz CT molecular complexity index is 1090. The summed E-state index contributed by atoms with van der Waals surface area (Å²) in [4.78, 5) is 37.8. The van der Waals surface area contributed by atoms with Crippen LogP contribution in [-0.2, 0) is 28.6 Å². The first-order valence-corrected chi connectivity index (χ1v) is 24.8. The molecule has 0 radical (unpaired) electrons. The van der Waals surface area contributed by atoms with Gasteiger partial charge in [0.1, 0.15) is 13.2 Å². The van der Waals surface area contributed by atoms with Gasteiger partial charge in [-0.3, -0.25) is 14.4 Å². The zero-order valence-electron chi connectivity index (χ0n) is 38.8. The Morgan fingerprint density at radius 1 is 0.356 bits per heavy atom. The highest BCUT2D eigenvalue weighted by molar-refractivity contribution is 5.71. The van der Waals surface area contributed by atoms with Crippen LogP contribution in [0.2, 0.25) is 0 Å². The van der Waals surface area contributed by atoms with E-state index in [0.29, 0.717) is 19.3 Å². The molecular weight excluding hydrogens is 733 g/mol. The molecule has 0 aliphatic carbocycles. The van der Waals surface area contributed by atoms with Gasteiger partial charge in [0.2, 0.25) is 0 Å². The van der Waals surface area contributed by atoms with Gasteiger partial charge < -0.3 is 14.2 Å². The van der Waals surface area contributed by atoms with E-state index in [0.717, 1.165) is 109 Å². The smallest absolute Gasteiger partial charge is 0.306 e. The highest BCUT2D eigenvalue weighted by Crippen LogP contribution is 2.14. The number of hydrogen-bond donors (Lipinski definition) is 0. The van der Waals surface area contributed by atoms with Crippen molar-refractivity contribution in [2.45, 2.75) is 245 Å². The van der Waals surface area contributed by atoms with Crippen molar-refractivity contribution >= 4 is 17.9 Å². The van der Waals surface area contributed by atoms with Gasteiger partial charge in [-0.05, 0) is 83.5 Å². The highest BCUT2D eigenvalue weighted by atomic mass is 16.6. The first-order chi connectivity index (χ1) is 29.0. The van der Waals surface area contributed by atoms with Crippen molar-refractivity contribution in [2.24, 2.45) is 0 Å². The molecule has 0 heterocycles. The molecule has 0 fully saturated rings. The second kappa shape index (κ2) is 47.8. The molecule has 0 aliphatic rings. The lowest BCUT2D eigenvalue weighted by Gasteiger charge is -2.18. The monoisotopic (exact) mass is 825 g/mol. The van der Waals surface area contributed by atoms with Gasteiger partial charge in [-0.15, -0.1) is 0 Å². The first kappa shape index (κ1) is 56.1. The summed E-state index contributed by atoms with van der Waals surface area (Å²) in [5, 5.41) is 0. The van der Waals surface area contributed by atoms with E-state index in [4.69, 9.17) is 14.2 Å². The van der Waals surface area contributed by atoms with Crippen LogP contribution in [0.25, 0.3) is 0 Å². The molecule has 0 N–H and O–H groups in total. The van der Waals surface area contributed by atoms with Crippen molar-refractivity contribution in [3.8, 4) is 0 Å². The van der Waals surface area contributed by atoms with Crippen LogP contribution in [0, 0.1) is 0 Å². The predicted molar refractivity (Wildman–Crippen MR) is 251 cm³/mol. The molecule has 1 unspecified atom stereocenters. The molecule has 1 atom stereocenters. The second-order valence-electron chi connectivity index (χ2n) is 16.3. The van der Waals surface area contributed by atoms with Crippen molar-refractivity contribution in [3.05, 3.63) is 60.8 Å².